The number of nitrogens with zero attached hydrogens (tertiary/aromatic N) is 3. The van der Waals surface area contributed by atoms with Gasteiger partial charge in [0, 0.05) is 31.7 Å². The number of fused-ring (bicyclic) bond motifs is 4. The van der Waals surface area contributed by atoms with E-state index in [-0.39, 0.29) is 17.5 Å². The molecule has 3 heterocycles. The Morgan fingerprint density at radius 2 is 1.47 bits per heavy atom. The lowest BCUT2D eigenvalue weighted by Gasteiger charge is -2.21. The van der Waals surface area contributed by atoms with Gasteiger partial charge in [0.1, 0.15) is 11.3 Å². The number of hydrogen-bond acceptors (Lipinski definition) is 2. The molecule has 0 saturated carbocycles. The second-order valence-corrected chi connectivity index (χ2v) is 19.7. The molecule has 0 spiro atoms. The van der Waals surface area contributed by atoms with Crippen LogP contribution in [0.4, 0.5) is 0 Å². The molecule has 0 amide bonds. The molecule has 7 rings (SSSR count). The average molecular weight is 640 g/mol. The standard InChI is InChI=1S/C42H46N3OSi/c1-25(2)34-23-30(29-17-19-31(20-18-29)47(8,9)10)24-35(26(3)4)39(34)45-37-14-12-11-13-36(37)44(7)42(45)38-27(5)15-21-32-33-22-16-28(6)43-41(33)46-40(32)38/h11-26H,1-10H3/q+1/i6D3. The van der Waals surface area contributed by atoms with Gasteiger partial charge < -0.3 is 4.42 Å². The minimum Gasteiger partial charge on any atom is -0.437 e. The number of aryl methyl sites for hydroxylation is 3. The predicted octanol–water partition coefficient (Wildman–Crippen LogP) is 10.5. The fourth-order valence-corrected chi connectivity index (χ4v) is 8.23. The van der Waals surface area contributed by atoms with Crippen LogP contribution in [0.15, 0.2) is 89.3 Å². The van der Waals surface area contributed by atoms with Crippen LogP contribution in [0.5, 0.6) is 0 Å². The van der Waals surface area contributed by atoms with Gasteiger partial charge in [-0.3, -0.25) is 0 Å². The van der Waals surface area contributed by atoms with Crippen molar-refractivity contribution in [3.8, 4) is 28.2 Å². The van der Waals surface area contributed by atoms with Crippen molar-refractivity contribution in [3.63, 3.8) is 0 Å². The van der Waals surface area contributed by atoms with Gasteiger partial charge in [-0.1, -0.05) is 101 Å². The first-order valence-corrected chi connectivity index (χ1v) is 20.2. The van der Waals surface area contributed by atoms with Crippen LogP contribution in [0, 0.1) is 13.8 Å². The van der Waals surface area contributed by atoms with Crippen LogP contribution < -0.4 is 9.75 Å². The Hall–Kier alpha value is -4.48. The number of rotatable bonds is 6. The largest absolute Gasteiger partial charge is 0.437 e. The van der Waals surface area contributed by atoms with Gasteiger partial charge in [0.2, 0.25) is 5.71 Å². The number of furan rings is 1. The Kier molecular flexibility index (Phi) is 6.66. The summed E-state index contributed by atoms with van der Waals surface area (Å²) in [5.41, 5.74) is 11.5. The minimum absolute atomic E-state index is 0.0281. The third-order valence-corrected chi connectivity index (χ3v) is 11.7. The fraction of sp³-hybridized carbons (Fsp3) is 0.286. The summed E-state index contributed by atoms with van der Waals surface area (Å²) in [6.07, 6.45) is 0. The maximum absolute atomic E-state index is 7.94. The van der Waals surface area contributed by atoms with Gasteiger partial charge in [-0.15, -0.1) is 0 Å². The molecule has 0 fully saturated rings. The monoisotopic (exact) mass is 639 g/mol. The Balaban J connectivity index is 1.56. The van der Waals surface area contributed by atoms with Crippen molar-refractivity contribution >= 4 is 46.4 Å². The summed E-state index contributed by atoms with van der Waals surface area (Å²) in [6.45, 7) is 16.1. The summed E-state index contributed by atoms with van der Waals surface area (Å²) in [5.74, 6) is 1.49. The van der Waals surface area contributed by atoms with Crippen molar-refractivity contribution in [1.29, 1.82) is 0 Å². The van der Waals surface area contributed by atoms with E-state index >= 15 is 0 Å². The van der Waals surface area contributed by atoms with Crippen LogP contribution in [0.2, 0.25) is 19.6 Å². The first-order chi connectivity index (χ1) is 23.6. The lowest BCUT2D eigenvalue weighted by Crippen LogP contribution is -2.37. The third-order valence-electron chi connectivity index (χ3n) is 9.67. The maximum atomic E-state index is 7.94. The fourth-order valence-electron chi connectivity index (χ4n) is 7.07. The summed E-state index contributed by atoms with van der Waals surface area (Å²) in [7, 11) is 0.704. The number of pyridine rings is 1. The third kappa shape index (κ3) is 5.12. The van der Waals surface area contributed by atoms with Gasteiger partial charge in [0.15, 0.2) is 16.6 Å². The molecule has 0 unspecified atom stereocenters. The summed E-state index contributed by atoms with van der Waals surface area (Å²) in [5, 5.41) is 3.17. The van der Waals surface area contributed by atoms with Gasteiger partial charge in [0.05, 0.1) is 15.1 Å². The van der Waals surface area contributed by atoms with Crippen LogP contribution in [-0.2, 0) is 7.05 Å². The lowest BCUT2D eigenvalue weighted by atomic mass is 9.88. The molecule has 3 aromatic heterocycles. The van der Waals surface area contributed by atoms with Crippen LogP contribution in [0.3, 0.4) is 0 Å². The highest BCUT2D eigenvalue weighted by atomic mass is 28.3. The molecule has 4 aromatic carbocycles. The van der Waals surface area contributed by atoms with Crippen LogP contribution in [0.1, 0.15) is 66.0 Å². The molecular weight excluding hydrogens is 591 g/mol. The molecule has 7 aromatic rings. The maximum Gasteiger partial charge on any atom is 0.299 e. The Bertz CT molecular complexity index is 2400. The summed E-state index contributed by atoms with van der Waals surface area (Å²) in [6, 6.07) is 30.2. The van der Waals surface area contributed by atoms with Gasteiger partial charge in [-0.2, -0.15) is 4.57 Å². The Labute approximate surface area is 283 Å². The zero-order chi connectivity index (χ0) is 35.9. The van der Waals surface area contributed by atoms with E-state index < -0.39 is 14.9 Å². The van der Waals surface area contributed by atoms with E-state index in [2.05, 4.69) is 148 Å². The molecule has 0 saturated heterocycles. The molecule has 47 heavy (non-hydrogen) atoms. The molecule has 0 aliphatic rings. The molecule has 0 aliphatic heterocycles. The van der Waals surface area contributed by atoms with E-state index in [1.54, 1.807) is 6.07 Å². The molecule has 0 atom stereocenters. The normalized spacial score (nSPS) is 13.6. The van der Waals surface area contributed by atoms with E-state index in [1.165, 1.54) is 33.1 Å². The second kappa shape index (κ2) is 11.3. The topological polar surface area (TPSA) is 34.8 Å². The first kappa shape index (κ1) is 27.6. The zero-order valence-electron chi connectivity index (χ0n) is 32.0. The van der Waals surface area contributed by atoms with Crippen molar-refractivity contribution in [2.24, 2.45) is 7.05 Å². The predicted molar refractivity (Wildman–Crippen MR) is 201 cm³/mol. The summed E-state index contributed by atoms with van der Waals surface area (Å²) < 4.78 is 35.1. The van der Waals surface area contributed by atoms with E-state index in [0.717, 1.165) is 38.8 Å². The Morgan fingerprint density at radius 3 is 2.11 bits per heavy atom. The highest BCUT2D eigenvalue weighted by Gasteiger charge is 2.34. The van der Waals surface area contributed by atoms with Crippen molar-refractivity contribution in [2.45, 2.75) is 72.9 Å². The van der Waals surface area contributed by atoms with Crippen LogP contribution in [-0.4, -0.2) is 17.6 Å². The van der Waals surface area contributed by atoms with Gasteiger partial charge >= 0.3 is 0 Å². The molecule has 0 radical (unpaired) electrons. The Morgan fingerprint density at radius 1 is 0.809 bits per heavy atom. The minimum atomic E-state index is -2.33. The highest BCUT2D eigenvalue weighted by molar-refractivity contribution is 6.88. The van der Waals surface area contributed by atoms with E-state index in [9.17, 15) is 0 Å². The number of hydrogen-bond donors (Lipinski definition) is 0. The summed E-state index contributed by atoms with van der Waals surface area (Å²) in [4.78, 5) is 4.49. The van der Waals surface area contributed by atoms with Crippen LogP contribution >= 0.6 is 0 Å². The first-order valence-electron chi connectivity index (χ1n) is 18.2. The lowest BCUT2D eigenvalue weighted by molar-refractivity contribution is -0.633. The quantitative estimate of drug-likeness (QED) is 0.134. The number of aromatic nitrogens is 3. The zero-order valence-corrected chi connectivity index (χ0v) is 30.0. The van der Waals surface area contributed by atoms with Gasteiger partial charge in [-0.25, -0.2) is 9.55 Å². The number of benzene rings is 4. The van der Waals surface area contributed by atoms with Crippen molar-refractivity contribution in [1.82, 2.24) is 9.55 Å². The van der Waals surface area contributed by atoms with Gasteiger partial charge in [0.25, 0.3) is 5.82 Å². The molecule has 0 bridgehead atoms. The van der Waals surface area contributed by atoms with Crippen molar-refractivity contribution < 1.29 is 13.1 Å². The molecule has 5 heteroatoms. The van der Waals surface area contributed by atoms with E-state index in [1.807, 2.05) is 6.07 Å². The molecule has 238 valence electrons. The second-order valence-electron chi connectivity index (χ2n) is 14.6. The van der Waals surface area contributed by atoms with Crippen molar-refractivity contribution in [2.75, 3.05) is 0 Å². The number of para-hydroxylation sites is 2. The molecule has 0 N–H and O–H groups in total. The molecule has 4 nitrogen and oxygen atoms in total. The number of imidazole rings is 1. The highest BCUT2D eigenvalue weighted by Crippen LogP contribution is 2.42. The smallest absolute Gasteiger partial charge is 0.299 e. The molecule has 0 aliphatic carbocycles. The van der Waals surface area contributed by atoms with E-state index in [4.69, 9.17) is 8.53 Å². The van der Waals surface area contributed by atoms with Crippen molar-refractivity contribution in [3.05, 3.63) is 107 Å². The SMILES string of the molecule is [2H]C([2H])([2H])c1ccc2c(n1)oc1c(-c3n(-c4c(C(C)C)cc(-c5ccc([Si](C)(C)C)cc5)cc4C(C)C)c4ccccc4[n+]3C)c(C)ccc12. The summed E-state index contributed by atoms with van der Waals surface area (Å²) >= 11 is 0. The van der Waals surface area contributed by atoms with Gasteiger partial charge in [-0.05, 0) is 78.7 Å². The molecular formula is C42H46N3OSi+. The average Bonchev–Trinajstić information content (AvgIpc) is 3.57. The van der Waals surface area contributed by atoms with Crippen LogP contribution in [0.25, 0.3) is 61.3 Å². The van der Waals surface area contributed by atoms with E-state index in [0.29, 0.717) is 11.3 Å².